The molecule has 3 N–H and O–H groups in total. The Morgan fingerprint density at radius 1 is 1.31 bits per heavy atom. The first-order valence-electron chi connectivity index (χ1n) is 5.62. The van der Waals surface area contributed by atoms with Crippen LogP contribution in [0.1, 0.15) is 25.2 Å². The topological polar surface area (TPSA) is 75.3 Å². The van der Waals surface area contributed by atoms with Gasteiger partial charge in [-0.25, -0.2) is 9.97 Å². The van der Waals surface area contributed by atoms with Gasteiger partial charge >= 0.3 is 0 Å². The first kappa shape index (κ1) is 12.7. The third kappa shape index (κ3) is 2.61. The first-order chi connectivity index (χ1) is 7.63. The summed E-state index contributed by atoms with van der Waals surface area (Å²) in [7, 11) is 0. The molecule has 1 rings (SSSR count). The molecule has 0 spiro atoms. The number of anilines is 2. The van der Waals surface area contributed by atoms with Crippen LogP contribution < -0.4 is 10.6 Å². The summed E-state index contributed by atoms with van der Waals surface area (Å²) in [4.78, 5) is 10.7. The standard InChI is InChI=1S/C11H20N4O/c1-4-9-13-10(12)8(3)11(14-9)15(5-2)6-7-16/h16H,4-7H2,1-3H3,(H2,12,13,14). The quantitative estimate of drug-likeness (QED) is 0.772. The van der Waals surface area contributed by atoms with Crippen LogP contribution in [-0.2, 0) is 6.42 Å². The lowest BCUT2D eigenvalue weighted by molar-refractivity contribution is 0.302. The molecule has 0 amide bonds. The predicted molar refractivity (Wildman–Crippen MR) is 65.5 cm³/mol. The summed E-state index contributed by atoms with van der Waals surface area (Å²) < 4.78 is 0. The lowest BCUT2D eigenvalue weighted by Gasteiger charge is -2.23. The normalized spacial score (nSPS) is 10.5. The number of nitrogens with zero attached hydrogens (tertiary/aromatic N) is 3. The van der Waals surface area contributed by atoms with Crippen molar-refractivity contribution in [3.8, 4) is 0 Å². The average Bonchev–Trinajstić information content (AvgIpc) is 2.29. The van der Waals surface area contributed by atoms with Crippen molar-refractivity contribution in [2.24, 2.45) is 0 Å². The van der Waals surface area contributed by atoms with Crippen molar-refractivity contribution in [3.63, 3.8) is 0 Å². The molecule has 0 fully saturated rings. The van der Waals surface area contributed by atoms with Crippen molar-refractivity contribution < 1.29 is 5.11 Å². The molecule has 1 aromatic rings. The molecule has 0 unspecified atom stereocenters. The number of nitrogen functional groups attached to an aromatic ring is 1. The lowest BCUT2D eigenvalue weighted by Crippen LogP contribution is -2.28. The van der Waals surface area contributed by atoms with Gasteiger partial charge in [0.1, 0.15) is 17.5 Å². The first-order valence-corrected chi connectivity index (χ1v) is 5.62. The molecule has 16 heavy (non-hydrogen) atoms. The molecule has 0 aliphatic heterocycles. The molecule has 0 saturated carbocycles. The number of aromatic nitrogens is 2. The van der Waals surface area contributed by atoms with Crippen LogP contribution in [0.3, 0.4) is 0 Å². The summed E-state index contributed by atoms with van der Waals surface area (Å²) in [5.41, 5.74) is 6.73. The van der Waals surface area contributed by atoms with Crippen molar-refractivity contribution in [1.29, 1.82) is 0 Å². The summed E-state index contributed by atoms with van der Waals surface area (Å²) >= 11 is 0. The van der Waals surface area contributed by atoms with Gasteiger partial charge in [-0.05, 0) is 13.8 Å². The fourth-order valence-electron chi connectivity index (χ4n) is 1.57. The zero-order valence-corrected chi connectivity index (χ0v) is 10.2. The molecule has 0 saturated heterocycles. The number of hydrogen-bond acceptors (Lipinski definition) is 5. The number of aliphatic hydroxyl groups excluding tert-OH is 1. The van der Waals surface area contributed by atoms with Crippen molar-refractivity contribution in [3.05, 3.63) is 11.4 Å². The molecule has 0 atom stereocenters. The minimum absolute atomic E-state index is 0.110. The fourth-order valence-corrected chi connectivity index (χ4v) is 1.57. The minimum atomic E-state index is 0.110. The zero-order chi connectivity index (χ0) is 12.1. The average molecular weight is 224 g/mol. The second-order valence-corrected chi connectivity index (χ2v) is 3.63. The minimum Gasteiger partial charge on any atom is -0.395 e. The molecule has 0 aromatic carbocycles. The maximum Gasteiger partial charge on any atom is 0.137 e. The Bertz CT molecular complexity index is 354. The summed E-state index contributed by atoms with van der Waals surface area (Å²) in [6, 6.07) is 0. The second kappa shape index (κ2) is 5.65. The van der Waals surface area contributed by atoms with Gasteiger partial charge < -0.3 is 15.7 Å². The van der Waals surface area contributed by atoms with Crippen LogP contribution in [0.4, 0.5) is 11.6 Å². The van der Waals surface area contributed by atoms with Crippen LogP contribution in [0.2, 0.25) is 0 Å². The van der Waals surface area contributed by atoms with E-state index in [4.69, 9.17) is 10.8 Å². The van der Waals surface area contributed by atoms with E-state index in [1.54, 1.807) is 0 Å². The van der Waals surface area contributed by atoms with E-state index in [0.29, 0.717) is 12.4 Å². The predicted octanol–water partition coefficient (Wildman–Crippen LogP) is 0.748. The third-order valence-electron chi connectivity index (χ3n) is 2.57. The Hall–Kier alpha value is -1.36. The summed E-state index contributed by atoms with van der Waals surface area (Å²) in [5.74, 6) is 2.11. The molecular weight excluding hydrogens is 204 g/mol. The van der Waals surface area contributed by atoms with Gasteiger partial charge in [-0.1, -0.05) is 6.92 Å². The summed E-state index contributed by atoms with van der Waals surface area (Å²) in [5, 5.41) is 9.00. The third-order valence-corrected chi connectivity index (χ3v) is 2.57. The van der Waals surface area contributed by atoms with Gasteiger partial charge in [0.2, 0.25) is 0 Å². The Labute approximate surface area is 96.3 Å². The smallest absolute Gasteiger partial charge is 0.137 e. The molecule has 0 bridgehead atoms. The van der Waals surface area contributed by atoms with Crippen LogP contribution in [-0.4, -0.2) is 34.8 Å². The molecular formula is C11H20N4O. The lowest BCUT2D eigenvalue weighted by atomic mass is 10.2. The van der Waals surface area contributed by atoms with Gasteiger partial charge in [0.15, 0.2) is 0 Å². The van der Waals surface area contributed by atoms with E-state index in [-0.39, 0.29) is 6.61 Å². The van der Waals surface area contributed by atoms with Gasteiger partial charge in [0.25, 0.3) is 0 Å². The Morgan fingerprint density at radius 3 is 2.50 bits per heavy atom. The van der Waals surface area contributed by atoms with E-state index in [0.717, 1.165) is 30.2 Å². The molecule has 5 heteroatoms. The largest absolute Gasteiger partial charge is 0.395 e. The molecule has 0 aliphatic carbocycles. The molecule has 5 nitrogen and oxygen atoms in total. The highest BCUT2D eigenvalue weighted by Gasteiger charge is 2.13. The van der Waals surface area contributed by atoms with Crippen LogP contribution >= 0.6 is 0 Å². The Balaban J connectivity index is 3.13. The molecule has 0 aliphatic rings. The van der Waals surface area contributed by atoms with Gasteiger partial charge in [0, 0.05) is 25.1 Å². The number of aliphatic hydroxyl groups is 1. The van der Waals surface area contributed by atoms with Gasteiger partial charge in [-0.15, -0.1) is 0 Å². The van der Waals surface area contributed by atoms with Crippen molar-refractivity contribution in [1.82, 2.24) is 9.97 Å². The van der Waals surface area contributed by atoms with Crippen molar-refractivity contribution in [2.45, 2.75) is 27.2 Å². The van der Waals surface area contributed by atoms with E-state index < -0.39 is 0 Å². The van der Waals surface area contributed by atoms with Crippen LogP contribution in [0.25, 0.3) is 0 Å². The van der Waals surface area contributed by atoms with Gasteiger partial charge in [-0.2, -0.15) is 0 Å². The molecule has 1 heterocycles. The highest BCUT2D eigenvalue weighted by atomic mass is 16.3. The summed E-state index contributed by atoms with van der Waals surface area (Å²) in [6.07, 6.45) is 0.758. The molecule has 1 aromatic heterocycles. The van der Waals surface area contributed by atoms with E-state index in [1.165, 1.54) is 0 Å². The second-order valence-electron chi connectivity index (χ2n) is 3.63. The number of likely N-dealkylation sites (N-methyl/N-ethyl adjacent to an activating group) is 1. The number of aryl methyl sites for hydroxylation is 1. The van der Waals surface area contributed by atoms with Crippen LogP contribution in [0.5, 0.6) is 0 Å². The van der Waals surface area contributed by atoms with Crippen molar-refractivity contribution >= 4 is 11.6 Å². The van der Waals surface area contributed by atoms with E-state index >= 15 is 0 Å². The van der Waals surface area contributed by atoms with E-state index in [9.17, 15) is 0 Å². The number of rotatable bonds is 5. The van der Waals surface area contributed by atoms with E-state index in [2.05, 4.69) is 9.97 Å². The SMILES string of the molecule is CCc1nc(N)c(C)c(N(CC)CCO)n1. The zero-order valence-electron chi connectivity index (χ0n) is 10.2. The number of nitrogens with two attached hydrogens (primary N) is 1. The van der Waals surface area contributed by atoms with E-state index in [1.807, 2.05) is 25.7 Å². The Kier molecular flexibility index (Phi) is 4.49. The highest BCUT2D eigenvalue weighted by molar-refractivity contribution is 5.56. The highest BCUT2D eigenvalue weighted by Crippen LogP contribution is 2.21. The van der Waals surface area contributed by atoms with Crippen molar-refractivity contribution in [2.75, 3.05) is 30.3 Å². The molecule has 90 valence electrons. The van der Waals surface area contributed by atoms with Gasteiger partial charge in [-0.3, -0.25) is 0 Å². The Morgan fingerprint density at radius 2 is 2.00 bits per heavy atom. The number of hydrogen-bond donors (Lipinski definition) is 2. The summed E-state index contributed by atoms with van der Waals surface area (Å²) in [6.45, 7) is 7.40. The fraction of sp³-hybridized carbons (Fsp3) is 0.636. The maximum absolute atomic E-state index is 9.00. The van der Waals surface area contributed by atoms with Crippen LogP contribution in [0, 0.1) is 6.92 Å². The van der Waals surface area contributed by atoms with Gasteiger partial charge in [0.05, 0.1) is 6.61 Å². The molecule has 0 radical (unpaired) electrons. The monoisotopic (exact) mass is 224 g/mol. The van der Waals surface area contributed by atoms with Crippen LogP contribution in [0.15, 0.2) is 0 Å². The maximum atomic E-state index is 9.00.